The quantitative estimate of drug-likeness (QED) is 0.153. The first-order valence-electron chi connectivity index (χ1n) is 13.4. The Balaban J connectivity index is 1.28. The highest BCUT2D eigenvalue weighted by Gasteiger charge is 2.33. The average Bonchev–Trinajstić information content (AvgIpc) is 3.32. The molecule has 0 fully saturated rings. The number of nitrogens with zero attached hydrogens (tertiary/aromatic N) is 1. The third-order valence-corrected chi connectivity index (χ3v) is 6.70. The summed E-state index contributed by atoms with van der Waals surface area (Å²) in [6.45, 7) is 5.91. The number of carboxylic acids is 1. The summed E-state index contributed by atoms with van der Waals surface area (Å²) in [5.41, 5.74) is 2.82. The molecule has 1 aromatic heterocycles. The minimum absolute atomic E-state index is 0.0314. The number of esters is 1. The van der Waals surface area contributed by atoms with Crippen molar-refractivity contribution in [2.24, 2.45) is 5.92 Å². The number of aliphatic carboxylic acids is 1. The summed E-state index contributed by atoms with van der Waals surface area (Å²) in [5.74, 6) is -1.25. The van der Waals surface area contributed by atoms with E-state index in [0.717, 1.165) is 29.0 Å². The second kappa shape index (κ2) is 13.1. The number of hydrogen-bond acceptors (Lipinski definition) is 6. The number of rotatable bonds is 13. The van der Waals surface area contributed by atoms with E-state index in [-0.39, 0.29) is 6.42 Å². The monoisotopic (exact) mass is 541 g/mol. The number of carbonyl (C=O) groups excluding carboxylic acids is 1. The number of aryl methyl sites for hydroxylation is 2. The lowest BCUT2D eigenvalue weighted by atomic mass is 9.96. The lowest BCUT2D eigenvalue weighted by molar-refractivity contribution is -0.168. The van der Waals surface area contributed by atoms with Crippen molar-refractivity contribution in [3.8, 4) is 17.2 Å². The summed E-state index contributed by atoms with van der Waals surface area (Å²) < 4.78 is 17.3. The van der Waals surface area contributed by atoms with Crippen molar-refractivity contribution in [1.29, 1.82) is 0 Å². The molecular formula is C33H35NO6. The van der Waals surface area contributed by atoms with E-state index < -0.39 is 23.5 Å². The summed E-state index contributed by atoms with van der Waals surface area (Å²) in [4.78, 5) is 29.4. The zero-order valence-electron chi connectivity index (χ0n) is 23.1. The van der Waals surface area contributed by atoms with Gasteiger partial charge in [-0.2, -0.15) is 0 Å². The van der Waals surface area contributed by atoms with E-state index >= 15 is 0 Å². The van der Waals surface area contributed by atoms with Crippen molar-refractivity contribution in [1.82, 2.24) is 4.98 Å². The number of aromatic nitrogens is 1. The van der Waals surface area contributed by atoms with E-state index in [0.29, 0.717) is 36.7 Å². The largest absolute Gasteiger partial charge is 0.493 e. The van der Waals surface area contributed by atoms with Gasteiger partial charge < -0.3 is 19.0 Å². The van der Waals surface area contributed by atoms with Gasteiger partial charge in [0.1, 0.15) is 17.1 Å². The Hall–Kier alpha value is -4.39. The number of hydrogen-bond donors (Lipinski definition) is 1. The van der Waals surface area contributed by atoms with Crippen molar-refractivity contribution < 1.29 is 28.6 Å². The fourth-order valence-corrected chi connectivity index (χ4v) is 4.34. The molecule has 3 aromatic carbocycles. The topological polar surface area (TPSA) is 98.9 Å². The lowest BCUT2D eigenvalue weighted by Crippen LogP contribution is -2.36. The molecule has 0 aliphatic rings. The van der Waals surface area contributed by atoms with Gasteiger partial charge in [-0.1, -0.05) is 60.7 Å². The Labute approximate surface area is 234 Å². The lowest BCUT2D eigenvalue weighted by Gasteiger charge is -2.27. The normalized spacial score (nSPS) is 12.1. The van der Waals surface area contributed by atoms with Gasteiger partial charge in [0, 0.05) is 12.0 Å². The van der Waals surface area contributed by atoms with Gasteiger partial charge in [0.2, 0.25) is 5.89 Å². The van der Waals surface area contributed by atoms with Crippen LogP contribution in [-0.4, -0.2) is 34.2 Å². The molecule has 40 heavy (non-hydrogen) atoms. The Morgan fingerprint density at radius 1 is 0.900 bits per heavy atom. The molecule has 1 atom stereocenters. The van der Waals surface area contributed by atoms with Gasteiger partial charge in [0.25, 0.3) is 0 Å². The maximum absolute atomic E-state index is 12.8. The van der Waals surface area contributed by atoms with Crippen LogP contribution in [0.1, 0.15) is 42.8 Å². The average molecular weight is 542 g/mol. The molecule has 0 saturated heterocycles. The highest BCUT2D eigenvalue weighted by atomic mass is 16.6. The molecule has 4 rings (SSSR count). The first-order valence-corrected chi connectivity index (χ1v) is 13.4. The van der Waals surface area contributed by atoms with Gasteiger partial charge in [0.15, 0.2) is 5.92 Å². The van der Waals surface area contributed by atoms with Gasteiger partial charge >= 0.3 is 11.9 Å². The minimum atomic E-state index is -1.29. The predicted molar refractivity (Wildman–Crippen MR) is 152 cm³/mol. The van der Waals surface area contributed by atoms with Crippen LogP contribution in [-0.2, 0) is 33.6 Å². The molecular weight excluding hydrogens is 506 g/mol. The maximum atomic E-state index is 12.8. The van der Waals surface area contributed by atoms with E-state index in [1.165, 1.54) is 0 Å². The molecule has 0 aliphatic carbocycles. The minimum Gasteiger partial charge on any atom is -0.493 e. The van der Waals surface area contributed by atoms with E-state index in [4.69, 9.17) is 13.9 Å². The summed E-state index contributed by atoms with van der Waals surface area (Å²) in [5, 5.41) is 9.75. The highest BCUT2D eigenvalue weighted by molar-refractivity contribution is 5.94. The van der Waals surface area contributed by atoms with Crippen LogP contribution in [0.15, 0.2) is 89.3 Å². The third kappa shape index (κ3) is 8.06. The van der Waals surface area contributed by atoms with Crippen LogP contribution in [0.25, 0.3) is 11.5 Å². The summed E-state index contributed by atoms with van der Waals surface area (Å²) in [6.07, 6.45) is 1.92. The Morgan fingerprint density at radius 3 is 2.20 bits per heavy atom. The van der Waals surface area contributed by atoms with E-state index in [9.17, 15) is 14.7 Å². The second-order valence-electron chi connectivity index (χ2n) is 10.4. The SMILES string of the molecule is Cc1oc(-c2ccccc2)nc1CCOc1ccc(CC(C(=O)O)C(=O)OC(C)(C)CCc2ccccc2)cc1. The standard InChI is InChI=1S/C33H35NO6/c1-23-29(34-30(39-23)26-12-8-5-9-13-26)19-21-38-27-16-14-25(15-17-27)22-28(31(35)36)32(37)40-33(2,3)20-18-24-10-6-4-7-11-24/h4-17,28H,18-22H2,1-3H3,(H,35,36). The molecule has 0 radical (unpaired) electrons. The van der Waals surface area contributed by atoms with Crippen LogP contribution in [0.4, 0.5) is 0 Å². The fourth-order valence-electron chi connectivity index (χ4n) is 4.34. The van der Waals surface area contributed by atoms with E-state index in [1.807, 2.05) is 81.4 Å². The molecule has 1 N–H and O–H groups in total. The van der Waals surface area contributed by atoms with Crippen molar-refractivity contribution in [3.05, 3.63) is 108 Å². The fraction of sp³-hybridized carbons (Fsp3) is 0.303. The molecule has 7 heteroatoms. The zero-order valence-corrected chi connectivity index (χ0v) is 23.1. The number of oxazole rings is 1. The predicted octanol–water partition coefficient (Wildman–Crippen LogP) is 6.47. The molecule has 0 bridgehead atoms. The van der Waals surface area contributed by atoms with Gasteiger partial charge in [-0.3, -0.25) is 9.59 Å². The third-order valence-electron chi connectivity index (χ3n) is 6.70. The van der Waals surface area contributed by atoms with Crippen molar-refractivity contribution in [3.63, 3.8) is 0 Å². The molecule has 208 valence electrons. The van der Waals surface area contributed by atoms with Crippen molar-refractivity contribution >= 4 is 11.9 Å². The zero-order chi connectivity index (χ0) is 28.5. The van der Waals surface area contributed by atoms with Crippen LogP contribution >= 0.6 is 0 Å². The number of ether oxygens (including phenoxy) is 2. The molecule has 1 unspecified atom stereocenters. The highest BCUT2D eigenvalue weighted by Crippen LogP contribution is 2.24. The van der Waals surface area contributed by atoms with Crippen LogP contribution in [0.5, 0.6) is 5.75 Å². The summed E-state index contributed by atoms with van der Waals surface area (Å²) in [7, 11) is 0. The molecule has 0 amide bonds. The van der Waals surface area contributed by atoms with E-state index in [1.54, 1.807) is 24.3 Å². The number of carbonyl (C=O) groups is 2. The van der Waals surface area contributed by atoms with Gasteiger partial charge in [-0.05, 0) is 75.4 Å². The van der Waals surface area contributed by atoms with Crippen LogP contribution < -0.4 is 4.74 Å². The summed E-state index contributed by atoms with van der Waals surface area (Å²) in [6, 6.07) is 26.7. The van der Waals surface area contributed by atoms with E-state index in [2.05, 4.69) is 4.98 Å². The Morgan fingerprint density at radius 2 is 1.55 bits per heavy atom. The molecule has 4 aromatic rings. The van der Waals surface area contributed by atoms with Crippen LogP contribution in [0.2, 0.25) is 0 Å². The second-order valence-corrected chi connectivity index (χ2v) is 10.4. The smallest absolute Gasteiger partial charge is 0.321 e. The molecule has 1 heterocycles. The van der Waals surface area contributed by atoms with Crippen molar-refractivity contribution in [2.45, 2.75) is 52.1 Å². The van der Waals surface area contributed by atoms with Gasteiger partial charge in [-0.15, -0.1) is 0 Å². The number of benzene rings is 3. The summed E-state index contributed by atoms with van der Waals surface area (Å²) >= 11 is 0. The van der Waals surface area contributed by atoms with Crippen molar-refractivity contribution in [2.75, 3.05) is 6.61 Å². The Bertz CT molecular complexity index is 1390. The first kappa shape index (κ1) is 28.6. The number of carboxylic acid groups (broad SMARTS) is 1. The molecule has 0 aliphatic heterocycles. The van der Waals surface area contributed by atoms with Crippen LogP contribution in [0, 0.1) is 12.8 Å². The van der Waals surface area contributed by atoms with Gasteiger partial charge in [-0.25, -0.2) is 4.98 Å². The molecule has 0 saturated carbocycles. The van der Waals surface area contributed by atoms with Crippen LogP contribution in [0.3, 0.4) is 0 Å². The Kier molecular flexibility index (Phi) is 9.38. The van der Waals surface area contributed by atoms with Gasteiger partial charge in [0.05, 0.1) is 12.3 Å². The molecule has 0 spiro atoms. The molecule has 7 nitrogen and oxygen atoms in total. The maximum Gasteiger partial charge on any atom is 0.321 e. The first-order chi connectivity index (χ1) is 19.2.